The highest BCUT2D eigenvalue weighted by atomic mass is 16.2. The summed E-state index contributed by atoms with van der Waals surface area (Å²) in [4.78, 5) is 21.5. The minimum Gasteiger partial charge on any atom is -0.340 e. The molecule has 1 aromatic carbocycles. The number of nitrogens with zero attached hydrogens (tertiary/aromatic N) is 3. The molecule has 2 atom stereocenters. The fourth-order valence-corrected chi connectivity index (χ4v) is 3.45. The third-order valence-electron chi connectivity index (χ3n) is 5.15. The molecule has 0 spiro atoms. The summed E-state index contributed by atoms with van der Waals surface area (Å²) >= 11 is 0. The Bertz CT molecular complexity index is 721. The summed E-state index contributed by atoms with van der Waals surface area (Å²) in [5.41, 5.74) is 2.17. The van der Waals surface area contributed by atoms with Gasteiger partial charge in [-0.25, -0.2) is 0 Å². The van der Waals surface area contributed by atoms with E-state index in [0.717, 1.165) is 50.4 Å². The molecule has 0 N–H and O–H groups in total. The van der Waals surface area contributed by atoms with Crippen molar-refractivity contribution in [1.82, 2.24) is 14.8 Å². The minimum atomic E-state index is 0.309. The van der Waals surface area contributed by atoms with Crippen LogP contribution in [0.1, 0.15) is 19.0 Å². The number of rotatable bonds is 3. The minimum absolute atomic E-state index is 0.309. The van der Waals surface area contributed by atoms with E-state index in [-0.39, 0.29) is 0 Å². The van der Waals surface area contributed by atoms with Crippen LogP contribution in [-0.2, 0) is 11.3 Å². The summed E-state index contributed by atoms with van der Waals surface area (Å²) in [6, 6.07) is 12.5. The highest BCUT2D eigenvalue weighted by Gasteiger charge is 2.41. The number of pyridine rings is 1. The molecule has 2 fully saturated rings. The van der Waals surface area contributed by atoms with Crippen LogP contribution < -0.4 is 0 Å². The topological polar surface area (TPSA) is 36.4 Å². The number of para-hydroxylation sites is 1. The SMILES string of the molecule is C[C@H]1C[C@H]1C(=O)N1CCN(Cc2ccc3ccccc3n2)CC1. The maximum absolute atomic E-state index is 12.3. The molecule has 1 amide bonds. The van der Waals surface area contributed by atoms with E-state index in [9.17, 15) is 4.79 Å². The van der Waals surface area contributed by atoms with Gasteiger partial charge in [0.2, 0.25) is 5.91 Å². The summed E-state index contributed by atoms with van der Waals surface area (Å²) in [6.07, 6.45) is 1.08. The molecular weight excluding hydrogens is 286 g/mol. The maximum Gasteiger partial charge on any atom is 0.226 e. The van der Waals surface area contributed by atoms with Crippen LogP contribution in [0.15, 0.2) is 36.4 Å². The lowest BCUT2D eigenvalue weighted by molar-refractivity contribution is -0.134. The average molecular weight is 309 g/mol. The first-order chi connectivity index (χ1) is 11.2. The molecule has 2 heterocycles. The predicted octanol–water partition coefficient (Wildman–Crippen LogP) is 2.54. The van der Waals surface area contributed by atoms with E-state index in [1.54, 1.807) is 0 Å². The smallest absolute Gasteiger partial charge is 0.226 e. The summed E-state index contributed by atoms with van der Waals surface area (Å²) in [5, 5.41) is 1.19. The van der Waals surface area contributed by atoms with E-state index in [0.29, 0.717) is 17.7 Å². The number of carbonyl (C=O) groups is 1. The molecule has 4 nitrogen and oxygen atoms in total. The van der Waals surface area contributed by atoms with Crippen LogP contribution in [-0.4, -0.2) is 46.9 Å². The van der Waals surface area contributed by atoms with E-state index in [1.807, 2.05) is 12.1 Å². The van der Waals surface area contributed by atoms with Crippen molar-refractivity contribution < 1.29 is 4.79 Å². The summed E-state index contributed by atoms with van der Waals surface area (Å²) in [7, 11) is 0. The van der Waals surface area contributed by atoms with Gasteiger partial charge in [-0.2, -0.15) is 0 Å². The number of benzene rings is 1. The zero-order valence-corrected chi connectivity index (χ0v) is 13.6. The van der Waals surface area contributed by atoms with Crippen LogP contribution in [0.2, 0.25) is 0 Å². The number of fused-ring (bicyclic) bond motifs is 1. The molecule has 1 aliphatic heterocycles. The van der Waals surface area contributed by atoms with E-state index >= 15 is 0 Å². The van der Waals surface area contributed by atoms with Gasteiger partial charge in [-0.05, 0) is 24.5 Å². The van der Waals surface area contributed by atoms with Gasteiger partial charge >= 0.3 is 0 Å². The summed E-state index contributed by atoms with van der Waals surface area (Å²) in [5.74, 6) is 1.28. The second-order valence-corrected chi connectivity index (χ2v) is 6.92. The van der Waals surface area contributed by atoms with Crippen LogP contribution in [0.3, 0.4) is 0 Å². The second-order valence-electron chi connectivity index (χ2n) is 6.92. The molecule has 120 valence electrons. The predicted molar refractivity (Wildman–Crippen MR) is 90.9 cm³/mol. The Kier molecular flexibility index (Phi) is 3.77. The Balaban J connectivity index is 1.36. The molecule has 0 radical (unpaired) electrons. The van der Waals surface area contributed by atoms with Gasteiger partial charge in [0.1, 0.15) is 0 Å². The number of hydrogen-bond acceptors (Lipinski definition) is 3. The van der Waals surface area contributed by atoms with Gasteiger partial charge in [0.05, 0.1) is 11.2 Å². The first-order valence-corrected chi connectivity index (χ1v) is 8.56. The van der Waals surface area contributed by atoms with E-state index in [2.05, 4.69) is 41.0 Å². The van der Waals surface area contributed by atoms with Gasteiger partial charge in [0, 0.05) is 44.0 Å². The van der Waals surface area contributed by atoms with Crippen LogP contribution in [0.25, 0.3) is 10.9 Å². The zero-order chi connectivity index (χ0) is 15.8. The normalized spacial score (nSPS) is 24.8. The van der Waals surface area contributed by atoms with Crippen LogP contribution in [0.5, 0.6) is 0 Å². The standard InChI is InChI=1S/C19H23N3O/c1-14-12-17(14)19(23)22-10-8-21(9-11-22)13-16-7-6-15-4-2-3-5-18(15)20-16/h2-7,14,17H,8-13H2,1H3/t14-,17+/m0/s1. The molecular formula is C19H23N3O. The Morgan fingerprint density at radius 3 is 2.61 bits per heavy atom. The fraction of sp³-hybridized carbons (Fsp3) is 0.474. The van der Waals surface area contributed by atoms with Crippen molar-refractivity contribution in [2.45, 2.75) is 19.9 Å². The van der Waals surface area contributed by atoms with Crippen molar-refractivity contribution in [3.63, 3.8) is 0 Å². The highest BCUT2D eigenvalue weighted by Crippen LogP contribution is 2.39. The third kappa shape index (κ3) is 3.08. The molecule has 4 rings (SSSR count). The Labute approximate surface area is 137 Å². The van der Waals surface area contributed by atoms with Gasteiger partial charge in [-0.15, -0.1) is 0 Å². The number of piperazine rings is 1. The first-order valence-electron chi connectivity index (χ1n) is 8.56. The lowest BCUT2D eigenvalue weighted by atomic mass is 10.2. The van der Waals surface area contributed by atoms with Crippen molar-refractivity contribution in [3.05, 3.63) is 42.1 Å². The second kappa shape index (κ2) is 5.93. The van der Waals surface area contributed by atoms with E-state index < -0.39 is 0 Å². The Morgan fingerprint density at radius 2 is 1.87 bits per heavy atom. The average Bonchev–Trinajstić information content (AvgIpc) is 3.32. The molecule has 2 aromatic rings. The van der Waals surface area contributed by atoms with Crippen molar-refractivity contribution in [3.8, 4) is 0 Å². The van der Waals surface area contributed by atoms with E-state index in [4.69, 9.17) is 4.98 Å². The molecule has 1 saturated heterocycles. The maximum atomic E-state index is 12.3. The zero-order valence-electron chi connectivity index (χ0n) is 13.6. The van der Waals surface area contributed by atoms with Gasteiger partial charge in [-0.1, -0.05) is 31.2 Å². The number of amides is 1. The van der Waals surface area contributed by atoms with Crippen molar-refractivity contribution >= 4 is 16.8 Å². The van der Waals surface area contributed by atoms with Gasteiger partial charge in [0.25, 0.3) is 0 Å². The monoisotopic (exact) mass is 309 g/mol. The number of hydrogen-bond donors (Lipinski definition) is 0. The van der Waals surface area contributed by atoms with Crippen LogP contribution in [0, 0.1) is 11.8 Å². The van der Waals surface area contributed by atoms with Crippen molar-refractivity contribution in [2.75, 3.05) is 26.2 Å². The summed E-state index contributed by atoms with van der Waals surface area (Å²) < 4.78 is 0. The Morgan fingerprint density at radius 1 is 1.13 bits per heavy atom. The van der Waals surface area contributed by atoms with Crippen molar-refractivity contribution in [1.29, 1.82) is 0 Å². The van der Waals surface area contributed by atoms with Crippen LogP contribution in [0.4, 0.5) is 0 Å². The quantitative estimate of drug-likeness (QED) is 0.874. The molecule has 23 heavy (non-hydrogen) atoms. The van der Waals surface area contributed by atoms with Crippen molar-refractivity contribution in [2.24, 2.45) is 11.8 Å². The van der Waals surface area contributed by atoms with Crippen LogP contribution >= 0.6 is 0 Å². The third-order valence-corrected chi connectivity index (χ3v) is 5.15. The summed E-state index contributed by atoms with van der Waals surface area (Å²) in [6.45, 7) is 6.64. The Hall–Kier alpha value is -1.94. The molecule has 1 aliphatic carbocycles. The van der Waals surface area contributed by atoms with Gasteiger partial charge in [0.15, 0.2) is 0 Å². The first kappa shape index (κ1) is 14.6. The number of aromatic nitrogens is 1. The molecule has 0 unspecified atom stereocenters. The largest absolute Gasteiger partial charge is 0.340 e. The number of carbonyl (C=O) groups excluding carboxylic acids is 1. The molecule has 1 saturated carbocycles. The molecule has 0 bridgehead atoms. The molecule has 1 aromatic heterocycles. The van der Waals surface area contributed by atoms with Gasteiger partial charge in [-0.3, -0.25) is 14.7 Å². The van der Waals surface area contributed by atoms with Gasteiger partial charge < -0.3 is 4.90 Å². The lowest BCUT2D eigenvalue weighted by Gasteiger charge is -2.34. The molecule has 4 heteroatoms. The molecule has 2 aliphatic rings. The lowest BCUT2D eigenvalue weighted by Crippen LogP contribution is -2.48. The van der Waals surface area contributed by atoms with E-state index in [1.165, 1.54) is 5.39 Å². The fourth-order valence-electron chi connectivity index (χ4n) is 3.45. The highest BCUT2D eigenvalue weighted by molar-refractivity contribution is 5.81.